The molecule has 0 bridgehead atoms. The van der Waals surface area contributed by atoms with Crippen molar-refractivity contribution in [3.63, 3.8) is 0 Å². The van der Waals surface area contributed by atoms with Gasteiger partial charge in [0.05, 0.1) is 0 Å². The summed E-state index contributed by atoms with van der Waals surface area (Å²) < 4.78 is 11.8. The van der Waals surface area contributed by atoms with Crippen molar-refractivity contribution in [2.45, 2.75) is 56.6 Å². The summed E-state index contributed by atoms with van der Waals surface area (Å²) in [5.74, 6) is 2.07. The molecule has 3 heterocycles. The molecule has 2 aromatic heterocycles. The first-order valence-corrected chi connectivity index (χ1v) is 9.61. The van der Waals surface area contributed by atoms with Gasteiger partial charge in [0.25, 0.3) is 0 Å². The molecule has 4 rings (SSSR count). The van der Waals surface area contributed by atoms with E-state index in [0.29, 0.717) is 12.0 Å². The van der Waals surface area contributed by atoms with E-state index in [0.717, 1.165) is 69.1 Å². The number of rotatable bonds is 5. The van der Waals surface area contributed by atoms with Crippen molar-refractivity contribution in [2.24, 2.45) is 0 Å². The van der Waals surface area contributed by atoms with Crippen LogP contribution in [0.25, 0.3) is 0 Å². The summed E-state index contributed by atoms with van der Waals surface area (Å²) in [6, 6.07) is 6.42. The zero-order valence-corrected chi connectivity index (χ0v) is 15.0. The van der Waals surface area contributed by atoms with Crippen molar-refractivity contribution >= 4 is 5.82 Å². The van der Waals surface area contributed by atoms with Gasteiger partial charge in [0.2, 0.25) is 5.88 Å². The zero-order valence-electron chi connectivity index (χ0n) is 15.0. The normalized spacial score (nSPS) is 24.2. The van der Waals surface area contributed by atoms with Crippen LogP contribution in [-0.4, -0.2) is 40.3 Å². The number of hydrogen-bond acceptors (Lipinski definition) is 6. The number of nitrogens with zero attached hydrogens (tertiary/aromatic N) is 3. The highest BCUT2D eigenvalue weighted by Crippen LogP contribution is 2.32. The van der Waals surface area contributed by atoms with E-state index in [-0.39, 0.29) is 6.10 Å². The lowest BCUT2D eigenvalue weighted by Gasteiger charge is -2.30. The maximum Gasteiger partial charge on any atom is 0.236 e. The summed E-state index contributed by atoms with van der Waals surface area (Å²) in [6.45, 7) is 1.59. The number of hydrogen-bond donors (Lipinski definition) is 1. The highest BCUT2D eigenvalue weighted by molar-refractivity contribution is 5.34. The Labute approximate surface area is 154 Å². The molecule has 0 aromatic carbocycles. The van der Waals surface area contributed by atoms with Gasteiger partial charge >= 0.3 is 0 Å². The first-order chi connectivity index (χ1) is 12.9. The highest BCUT2D eigenvalue weighted by Gasteiger charge is 2.26. The van der Waals surface area contributed by atoms with Gasteiger partial charge in [-0.2, -0.15) is 0 Å². The van der Waals surface area contributed by atoms with Crippen LogP contribution in [0.3, 0.4) is 0 Å². The summed E-state index contributed by atoms with van der Waals surface area (Å²) in [5.41, 5.74) is 1.00. The van der Waals surface area contributed by atoms with Crippen LogP contribution in [0.2, 0.25) is 0 Å². The standard InChI is InChI=1S/C20H26N4O2/c1-2-10-21-18(3-1)24-16-4-6-17(7-5-16)26-20-19(22-11-12-23-20)15-8-13-25-14-9-15/h1-3,10-12,15-17H,4-9,13-14H2,(H,21,24)/t16-,17-. The van der Waals surface area contributed by atoms with E-state index in [1.165, 1.54) is 0 Å². The molecular weight excluding hydrogens is 328 g/mol. The fourth-order valence-corrected chi connectivity index (χ4v) is 3.82. The molecule has 6 nitrogen and oxygen atoms in total. The van der Waals surface area contributed by atoms with Gasteiger partial charge in [0.15, 0.2) is 0 Å². The van der Waals surface area contributed by atoms with Gasteiger partial charge in [-0.25, -0.2) is 9.97 Å². The Hall–Kier alpha value is -2.21. The average molecular weight is 354 g/mol. The molecule has 1 N–H and O–H groups in total. The van der Waals surface area contributed by atoms with Crippen molar-refractivity contribution in [1.29, 1.82) is 0 Å². The Morgan fingerprint density at radius 3 is 2.46 bits per heavy atom. The molecule has 1 saturated heterocycles. The molecule has 0 spiro atoms. The lowest BCUT2D eigenvalue weighted by Crippen LogP contribution is -2.32. The average Bonchev–Trinajstić information content (AvgIpc) is 2.71. The van der Waals surface area contributed by atoms with Crippen LogP contribution in [0.15, 0.2) is 36.8 Å². The largest absolute Gasteiger partial charge is 0.473 e. The van der Waals surface area contributed by atoms with E-state index in [1.807, 2.05) is 24.4 Å². The summed E-state index contributed by atoms with van der Waals surface area (Å²) in [7, 11) is 0. The maximum absolute atomic E-state index is 6.28. The molecular formula is C20H26N4O2. The Bertz CT molecular complexity index is 683. The Morgan fingerprint density at radius 2 is 1.69 bits per heavy atom. The van der Waals surface area contributed by atoms with E-state index in [9.17, 15) is 0 Å². The minimum absolute atomic E-state index is 0.215. The summed E-state index contributed by atoms with van der Waals surface area (Å²) >= 11 is 0. The van der Waals surface area contributed by atoms with E-state index >= 15 is 0 Å². The van der Waals surface area contributed by atoms with Crippen LogP contribution in [0.5, 0.6) is 5.88 Å². The van der Waals surface area contributed by atoms with Gasteiger partial charge in [0, 0.05) is 43.8 Å². The van der Waals surface area contributed by atoms with Crippen molar-refractivity contribution < 1.29 is 9.47 Å². The van der Waals surface area contributed by atoms with Crippen LogP contribution in [0, 0.1) is 0 Å². The van der Waals surface area contributed by atoms with Crippen molar-refractivity contribution in [2.75, 3.05) is 18.5 Å². The third-order valence-electron chi connectivity index (χ3n) is 5.27. The van der Waals surface area contributed by atoms with Crippen LogP contribution in [-0.2, 0) is 4.74 Å². The smallest absolute Gasteiger partial charge is 0.236 e. The number of aromatic nitrogens is 3. The second-order valence-corrected chi connectivity index (χ2v) is 7.08. The molecule has 0 atom stereocenters. The van der Waals surface area contributed by atoms with Gasteiger partial charge in [-0.1, -0.05) is 6.07 Å². The molecule has 1 saturated carbocycles. The lowest BCUT2D eigenvalue weighted by atomic mass is 9.92. The summed E-state index contributed by atoms with van der Waals surface area (Å²) in [6.07, 6.45) is 11.7. The molecule has 26 heavy (non-hydrogen) atoms. The van der Waals surface area contributed by atoms with Gasteiger partial charge in [-0.05, 0) is 50.7 Å². The molecule has 1 aliphatic carbocycles. The van der Waals surface area contributed by atoms with E-state index in [1.54, 1.807) is 12.4 Å². The number of nitrogens with one attached hydrogen (secondary N) is 1. The predicted octanol–water partition coefficient (Wildman–Crippen LogP) is 3.57. The van der Waals surface area contributed by atoms with E-state index in [4.69, 9.17) is 9.47 Å². The van der Waals surface area contributed by atoms with Crippen LogP contribution < -0.4 is 10.1 Å². The highest BCUT2D eigenvalue weighted by atomic mass is 16.5. The van der Waals surface area contributed by atoms with Crippen LogP contribution in [0.1, 0.15) is 50.1 Å². The van der Waals surface area contributed by atoms with Crippen molar-refractivity contribution in [3.8, 4) is 5.88 Å². The SMILES string of the molecule is c1ccc(N[C@H]2CC[C@H](Oc3nccnc3C3CCOCC3)CC2)nc1. The Morgan fingerprint density at radius 1 is 0.885 bits per heavy atom. The van der Waals surface area contributed by atoms with Crippen LogP contribution in [0.4, 0.5) is 5.82 Å². The Balaban J connectivity index is 1.33. The number of anilines is 1. The minimum atomic E-state index is 0.215. The molecule has 1 aliphatic heterocycles. The monoisotopic (exact) mass is 354 g/mol. The van der Waals surface area contributed by atoms with Crippen LogP contribution >= 0.6 is 0 Å². The van der Waals surface area contributed by atoms with Gasteiger partial charge < -0.3 is 14.8 Å². The van der Waals surface area contributed by atoms with Gasteiger partial charge in [-0.3, -0.25) is 4.98 Å². The molecule has 0 amide bonds. The number of ether oxygens (including phenoxy) is 2. The molecule has 138 valence electrons. The summed E-state index contributed by atoms with van der Waals surface area (Å²) in [4.78, 5) is 13.4. The molecule has 2 aromatic rings. The molecule has 0 radical (unpaired) electrons. The first kappa shape index (κ1) is 17.2. The summed E-state index contributed by atoms with van der Waals surface area (Å²) in [5, 5.41) is 3.52. The second kappa shape index (κ2) is 8.45. The zero-order chi connectivity index (χ0) is 17.6. The van der Waals surface area contributed by atoms with E-state index < -0.39 is 0 Å². The Kier molecular flexibility index (Phi) is 5.59. The van der Waals surface area contributed by atoms with Gasteiger partial charge in [-0.15, -0.1) is 0 Å². The first-order valence-electron chi connectivity index (χ1n) is 9.61. The predicted molar refractivity (Wildman–Crippen MR) is 99.4 cm³/mol. The second-order valence-electron chi connectivity index (χ2n) is 7.08. The van der Waals surface area contributed by atoms with Crippen molar-refractivity contribution in [1.82, 2.24) is 15.0 Å². The van der Waals surface area contributed by atoms with E-state index in [2.05, 4.69) is 20.3 Å². The molecule has 0 unspecified atom stereocenters. The fourth-order valence-electron chi connectivity index (χ4n) is 3.82. The lowest BCUT2D eigenvalue weighted by molar-refractivity contribution is 0.0818. The fraction of sp³-hybridized carbons (Fsp3) is 0.550. The topological polar surface area (TPSA) is 69.2 Å². The molecule has 6 heteroatoms. The van der Waals surface area contributed by atoms with Gasteiger partial charge in [0.1, 0.15) is 17.6 Å². The molecule has 2 fully saturated rings. The third kappa shape index (κ3) is 4.30. The van der Waals surface area contributed by atoms with Crippen molar-refractivity contribution in [3.05, 3.63) is 42.5 Å². The minimum Gasteiger partial charge on any atom is -0.473 e. The quantitative estimate of drug-likeness (QED) is 0.885. The molecule has 2 aliphatic rings. The number of pyridine rings is 1. The maximum atomic E-state index is 6.28. The third-order valence-corrected chi connectivity index (χ3v) is 5.27.